The third kappa shape index (κ3) is 11.0. The third-order valence-corrected chi connectivity index (χ3v) is 344. The van der Waals surface area contributed by atoms with E-state index in [2.05, 4.69) is 244 Å². The van der Waals surface area contributed by atoms with Gasteiger partial charge in [0.1, 0.15) is 0 Å². The summed E-state index contributed by atoms with van der Waals surface area (Å²) >= 11 is 24.5. The molecule has 0 amide bonds. The number of nitriles is 4. The number of nitrogens with zero attached hydrogens (tertiary/aromatic N) is 4. The second-order valence-electron chi connectivity index (χ2n) is 15.2. The second kappa shape index (κ2) is 24.6. The Balaban J connectivity index is 0.000000140. The summed E-state index contributed by atoms with van der Waals surface area (Å²) in [4.78, 5) is 12.1. The normalized spacial score (nSPS) is 12.6. The van der Waals surface area contributed by atoms with Gasteiger partial charge in [0.2, 0.25) is 0 Å². The van der Waals surface area contributed by atoms with Crippen LogP contribution < -0.4 is 0 Å². The minimum atomic E-state index is -0.456. The largest absolute Gasteiger partial charge is 0.289 e. The molecule has 0 aliphatic heterocycles. The first-order chi connectivity index (χ1) is 33.8. The predicted molar refractivity (Wildman–Crippen MR) is 364 cm³/mol. The molecule has 3 aliphatic carbocycles. The molecule has 5 nitrogen and oxygen atoms in total. The standard InChI is InChI=1S/C27H13BrN2.C15H6N2O.C12H8Br2.I8/c28-25-7-3-6-24-26(25)18-4-1-2-5-21(18)27(24)22-10-8-16(14-29)12-19(22)20-13-17(15-30)9-11-23(20)27;16-7-9-1-3-11-13(5-9)14-6-10(8-17)2-4-12(14)15(11)18;13-11-7-3-1-5-9(11)10-6-2-4-8-12(10)14;1-6(2)8(5)7(3)4/h1-13H;1-6H;1-8H;. The van der Waals surface area contributed by atoms with Crippen LogP contribution in [0.3, 0.4) is 0 Å². The van der Waals surface area contributed by atoms with E-state index in [1.54, 1.807) is 36.4 Å². The first-order valence-corrected chi connectivity index (χ1v) is 66.7. The SMILES string of the molecule is Brc1ccccc1-c1ccccc1Br.II(I)I(I)I(I)I.N#Cc1ccc2c(c1)-c1cc(C#N)ccc1C21c2ccccc2-c2c(Br)cccc21.N#Cc1ccc2c(c1)-c1cc(C#N)ccc1C2=O. The van der Waals surface area contributed by atoms with Crippen molar-refractivity contribution in [3.63, 3.8) is 0 Å². The van der Waals surface area contributed by atoms with Gasteiger partial charge in [0.25, 0.3) is 0 Å². The Labute approximate surface area is 493 Å². The van der Waals surface area contributed by atoms with E-state index in [9.17, 15) is 15.3 Å². The maximum Gasteiger partial charge on any atom is 0.194 e. The van der Waals surface area contributed by atoms with Crippen molar-refractivity contribution in [3.8, 4) is 68.8 Å². The van der Waals surface area contributed by atoms with Gasteiger partial charge in [-0.15, -0.1) is 0 Å². The van der Waals surface area contributed by atoms with E-state index >= 15 is 0 Å². The molecule has 3 aliphatic rings. The Morgan fingerprint density at radius 1 is 0.371 bits per heavy atom. The van der Waals surface area contributed by atoms with E-state index in [0.29, 0.717) is 33.4 Å². The van der Waals surface area contributed by atoms with Crippen LogP contribution in [-0.4, -0.2) is 5.78 Å². The molecular weight excluding hydrogens is 1980 g/mol. The molecule has 0 fully saturated rings. The summed E-state index contributed by atoms with van der Waals surface area (Å²) in [5.74, 6) is -0.0472. The number of benzene rings is 8. The van der Waals surface area contributed by atoms with Gasteiger partial charge in [-0.3, -0.25) is 4.79 Å². The molecule has 8 aromatic rings. The summed E-state index contributed by atoms with van der Waals surface area (Å²) in [6.45, 7) is 0. The van der Waals surface area contributed by atoms with Crippen molar-refractivity contribution in [2.75, 3.05) is 0 Å². The summed E-state index contributed by atoms with van der Waals surface area (Å²) < 4.78 is 3.31. The Kier molecular flexibility index (Phi) is 19.3. The summed E-state index contributed by atoms with van der Waals surface area (Å²) in [7, 11) is -0.942. The van der Waals surface area contributed by atoms with Gasteiger partial charge in [-0.05, 0) is 140 Å². The number of halogens is 11. The van der Waals surface area contributed by atoms with Gasteiger partial charge in [-0.1, -0.05) is 133 Å². The van der Waals surface area contributed by atoms with E-state index in [0.717, 1.165) is 46.8 Å². The molecule has 0 N–H and O–H groups in total. The average Bonchev–Trinajstić information content (AvgIpc) is 3.96. The molecule has 0 unspecified atom stereocenters. The molecule has 0 radical (unpaired) electrons. The van der Waals surface area contributed by atoms with Gasteiger partial charge in [-0.2, -0.15) is 21.0 Å². The molecule has 346 valence electrons. The molecule has 11 rings (SSSR count). The molecule has 70 heavy (non-hydrogen) atoms. The smallest absolute Gasteiger partial charge is 0.194 e. The number of hydrogen-bond acceptors (Lipinski definition) is 5. The minimum absolute atomic E-state index is 0.0472. The molecule has 1 spiro atoms. The topological polar surface area (TPSA) is 112 Å². The van der Waals surface area contributed by atoms with Gasteiger partial charge < -0.3 is 0 Å². The second-order valence-corrected chi connectivity index (χ2v) is 164. The van der Waals surface area contributed by atoms with E-state index in [-0.39, 0.29) is 29.5 Å². The number of carbonyl (C=O) groups is 1. The maximum atomic E-state index is 12.1. The van der Waals surface area contributed by atoms with Crippen LogP contribution in [0.4, 0.5) is 0 Å². The Morgan fingerprint density at radius 2 is 0.729 bits per heavy atom. The average molecular weight is 2000 g/mol. The first-order valence-electron chi connectivity index (χ1n) is 20.3. The van der Waals surface area contributed by atoms with Crippen LogP contribution in [0.2, 0.25) is 0 Å². The third-order valence-electron chi connectivity index (χ3n) is 11.7. The van der Waals surface area contributed by atoms with Crippen molar-refractivity contribution in [1.82, 2.24) is 0 Å². The summed E-state index contributed by atoms with van der Waals surface area (Å²) in [6, 6.07) is 61.9. The number of ketones is 1. The fourth-order valence-corrected chi connectivity index (χ4v) is 430. The predicted octanol–water partition coefficient (Wildman–Crippen LogP) is 21.1. The molecule has 0 bridgehead atoms. The van der Waals surface area contributed by atoms with Gasteiger partial charge in [0, 0.05) is 30.1 Å². The molecule has 16 heteroatoms. The van der Waals surface area contributed by atoms with Gasteiger partial charge in [-0.25, -0.2) is 0 Å². The maximum absolute atomic E-state index is 12.1. The van der Waals surface area contributed by atoms with E-state index in [4.69, 9.17) is 10.5 Å². The molecule has 8 aromatic carbocycles. The monoisotopic (exact) mass is 2000 g/mol. The Morgan fingerprint density at radius 3 is 1.14 bits per heavy atom. The number of hydrogen-bond donors (Lipinski definition) is 0. The summed E-state index contributed by atoms with van der Waals surface area (Å²) in [5.41, 5.74) is 16.2. The van der Waals surface area contributed by atoms with E-state index in [1.807, 2.05) is 48.5 Å². The molecular formula is C54H27Br3I8N4O. The fraction of sp³-hybridized carbons (Fsp3) is 0.0185. The number of rotatable bonds is 3. The van der Waals surface area contributed by atoms with Gasteiger partial charge in [0.15, 0.2) is 5.78 Å². The van der Waals surface area contributed by atoms with Gasteiger partial charge in [0.05, 0.1) is 51.9 Å². The van der Waals surface area contributed by atoms with E-state index < -0.39 is 5.41 Å². The summed E-state index contributed by atoms with van der Waals surface area (Å²) in [5, 5.41) is 36.8. The molecule has 0 aromatic heterocycles. The van der Waals surface area contributed by atoms with Crippen LogP contribution in [0.1, 0.15) is 60.4 Å². The van der Waals surface area contributed by atoms with E-state index in [1.165, 1.54) is 33.4 Å². The van der Waals surface area contributed by atoms with Crippen LogP contribution in [0.15, 0.2) is 177 Å². The van der Waals surface area contributed by atoms with Crippen LogP contribution in [0, 0.1) is 45.3 Å². The van der Waals surface area contributed by atoms with Crippen molar-refractivity contribution in [1.29, 1.82) is 21.0 Å². The van der Waals surface area contributed by atoms with Crippen LogP contribution in [-0.2, 0) is 5.41 Å². The van der Waals surface area contributed by atoms with Crippen LogP contribution in [0.25, 0.3) is 44.5 Å². The fourth-order valence-electron chi connectivity index (χ4n) is 8.94. The zero-order valence-electron chi connectivity index (χ0n) is 35.4. The van der Waals surface area contributed by atoms with Crippen LogP contribution >= 0.6 is 165 Å². The number of fused-ring (bicyclic) bond motifs is 13. The van der Waals surface area contributed by atoms with Crippen molar-refractivity contribution < 1.29 is 4.79 Å². The molecule has 0 saturated heterocycles. The summed E-state index contributed by atoms with van der Waals surface area (Å²) in [6.07, 6.45) is 0. The Hall–Kier alpha value is -1.33. The zero-order chi connectivity index (χ0) is 49.9. The van der Waals surface area contributed by atoms with Crippen molar-refractivity contribution in [2.45, 2.75) is 5.41 Å². The molecule has 0 heterocycles. The van der Waals surface area contributed by atoms with Crippen molar-refractivity contribution in [3.05, 3.63) is 233 Å². The zero-order valence-corrected chi connectivity index (χ0v) is 57.5. The van der Waals surface area contributed by atoms with Crippen molar-refractivity contribution in [2.24, 2.45) is 0 Å². The molecule has 0 atom stereocenters. The van der Waals surface area contributed by atoms with Crippen molar-refractivity contribution >= 4 is 170 Å². The van der Waals surface area contributed by atoms with Gasteiger partial charge >= 0.3 is 117 Å². The first kappa shape index (κ1) is 54.9. The molecule has 0 saturated carbocycles. The number of carbonyl (C=O) groups excluding carboxylic acids is 1. The quantitative estimate of drug-likeness (QED) is 0.164. The van der Waals surface area contributed by atoms with Crippen LogP contribution in [0.5, 0.6) is 0 Å². The minimum Gasteiger partial charge on any atom is -0.289 e. The Bertz CT molecular complexity index is 3400.